The van der Waals surface area contributed by atoms with Gasteiger partial charge >= 0.3 is 1280 Å². The molecule has 0 spiro atoms. The quantitative estimate of drug-likeness (QED) is 0.168. The molecule has 0 rings (SSSR count). The maximum absolute atomic E-state index is 0. The van der Waals surface area contributed by atoms with E-state index in [9.17, 15) is 0 Å². The molecule has 0 aromatic carbocycles. The van der Waals surface area contributed by atoms with Crippen molar-refractivity contribution in [1.82, 2.24) is 0 Å². The van der Waals surface area contributed by atoms with Gasteiger partial charge in [-0.15, -0.1) is 240 Å². The minimum Gasteiger partial charge on any atom is -1.00 e. The van der Waals surface area contributed by atoms with Gasteiger partial charge in [0.05, 0.1) is 0 Å². The van der Waals surface area contributed by atoms with Gasteiger partial charge in [-0.25, -0.2) is 0 Å². The molecule has 0 N–H and O–H groups in total. The fraction of sp³-hybridized carbons (Fsp3) is 0. The van der Waals surface area contributed by atoms with Gasteiger partial charge in [-0.05, 0) is 0 Å². The normalized spacial score (nSPS) is 0. The van der Waals surface area contributed by atoms with E-state index >= 15 is 0 Å². The Bertz CT molecular complexity index is 58.8. The van der Waals surface area contributed by atoms with Crippen LogP contribution in [0.2, 0.25) is 0 Å². The van der Waals surface area contributed by atoms with Gasteiger partial charge in [-0.3, -0.25) is 0 Å². The van der Waals surface area contributed by atoms with Crippen LogP contribution < -0.4 is 1880 Å². The first-order valence-corrected chi connectivity index (χ1v) is 0. The first kappa shape index (κ1) is 451. The third kappa shape index (κ3) is 430. The molecule has 0 fully saturated rings. The van der Waals surface area contributed by atoms with Crippen LogP contribution in [-0.2, 0) is 0 Å². The van der Waals surface area contributed by atoms with E-state index in [2.05, 4.69) is 0 Å². The molecule has 0 aliphatic heterocycles. The van der Waals surface area contributed by atoms with Crippen molar-refractivity contribution in [2.45, 2.75) is 0 Å². The number of rotatable bonds is 0. The van der Waals surface area contributed by atoms with E-state index in [0.29, 0.717) is 0 Å². The summed E-state index contributed by atoms with van der Waals surface area (Å²) in [4.78, 5) is 0. The zero-order valence-corrected chi connectivity index (χ0v) is 194. The Balaban J connectivity index is 0. The topological polar surface area (TPSA) is 0 Å². The van der Waals surface area contributed by atoms with Crippen LogP contribution in [-0.4, -0.2) is 0 Å². The Morgan fingerprint density at radius 3 is 0.0500 bits per heavy atom. The van der Waals surface area contributed by atoms with Crippen molar-refractivity contribution in [3.8, 4) is 0 Å². The largest absolute Gasteiger partial charge is 1.00 e. The van der Waals surface area contributed by atoms with Gasteiger partial charge in [-0.2, -0.15) is 0 Å². The number of hydrogen-bond donors (Lipinski definition) is 0. The van der Waals surface area contributed by atoms with Crippen molar-refractivity contribution in [1.29, 1.82) is 0 Å². The first-order valence-electron chi connectivity index (χ1n) is 0. The molecule has 0 aliphatic carbocycles. The summed E-state index contributed by atoms with van der Waals surface area (Å²) in [6.45, 7) is 0. The smallest absolute Gasteiger partial charge is 1.00 e. The molecule has 0 aromatic rings. The summed E-state index contributed by atoms with van der Waals surface area (Å²) in [5, 5.41) is 0. The van der Waals surface area contributed by atoms with Crippen LogP contribution in [0.1, 0.15) is 0 Å². The second-order valence-corrected chi connectivity index (χ2v) is 0. The summed E-state index contributed by atoms with van der Waals surface area (Å²) in [5.74, 6) is 0. The van der Waals surface area contributed by atoms with Crippen LogP contribution in [0.5, 0.6) is 0 Å². The average Bonchev–Trinajstić information content (AvgIpc) is 0. The van der Waals surface area contributed by atoms with Gasteiger partial charge in [-0.1, -0.05) is 0 Å². The molecule has 0 radical (unpaired) electrons. The van der Waals surface area contributed by atoms with Crippen molar-refractivity contribution in [2.75, 3.05) is 0 Å². The zero-order chi connectivity index (χ0) is 0. The Hall–Kier alpha value is 66.5. The molecule has 0 aromatic heterocycles. The minimum absolute atomic E-state index is 0. The van der Waals surface area contributed by atoms with Crippen LogP contribution >= 0.6 is 240 Å². The van der Waals surface area contributed by atoms with E-state index in [0.717, 1.165) is 0 Å². The molecule has 0 amide bonds. The minimum atomic E-state index is 0. The van der Waals surface area contributed by atoms with Crippen LogP contribution in [0.4, 0.5) is 0 Å². The number of halogens is 35. The van der Waals surface area contributed by atoms with Crippen LogP contribution in [0.3, 0.4) is 0 Å². The average molecular weight is 5430 g/mol. The van der Waals surface area contributed by atoms with E-state index in [4.69, 9.17) is 0 Å². The monoisotopic (exact) mass is 5430 g/mol. The van der Waals surface area contributed by atoms with Gasteiger partial charge in [0.1, 0.15) is 0 Å². The first-order chi connectivity index (χ1) is 0. The molecule has 60 heteroatoms. The third-order valence-corrected chi connectivity index (χ3v) is 0. The summed E-state index contributed by atoms with van der Waals surface area (Å²) < 4.78 is 0. The Kier molecular flexibility index (Phi) is 3300. The molecular weight excluding hydrogens is 5420 g/mol. The van der Waals surface area contributed by atoms with Gasteiger partial charge in [0.15, 0.2) is 0 Å². The molecule has 0 atom stereocenters. The fourth-order valence-electron chi connectivity index (χ4n) is 0. The van der Waals surface area contributed by atoms with Crippen LogP contribution in [0.25, 0.3) is 0 Å². The van der Waals surface area contributed by atoms with Crippen molar-refractivity contribution >= 4 is 240 Å². The van der Waals surface area contributed by atoms with E-state index in [-0.39, 0.29) is 2120 Å². The molecule has 0 unspecified atom stereocenters. The third-order valence-electron chi connectivity index (χ3n) is 0. The maximum atomic E-state index is 0. The molecule has 0 saturated heterocycles. The summed E-state index contributed by atoms with van der Waals surface area (Å²) in [6.07, 6.45) is 0. The summed E-state index contributed by atoms with van der Waals surface area (Å²) in [6, 6.07) is 0. The molecule has 0 aliphatic rings. The maximum Gasteiger partial charge on any atom is 1.00 e. The van der Waals surface area contributed by atoms with Gasteiger partial charge < -0.3 is 599 Å². The summed E-state index contributed by atoms with van der Waals surface area (Å²) in [7, 11) is 0. The molecule has 0 bridgehead atoms. The van der Waals surface area contributed by atoms with Crippen molar-refractivity contribution in [3.63, 3.8) is 0 Å². The van der Waals surface area contributed by atoms with E-state index in [1.165, 1.54) is 0 Å². The molecule has 0 heterocycles. The second-order valence-electron chi connectivity index (χ2n) is 0. The molecule has 60 heavy (non-hydrogen) atoms. The molecule has 280 valence electrons. The van der Waals surface area contributed by atoms with Gasteiger partial charge in [0, 0.05) is 0 Å². The Morgan fingerprint density at radius 1 is 0.0500 bits per heavy atom. The van der Waals surface area contributed by atoms with Crippen LogP contribution in [0.15, 0.2) is 0 Å². The van der Waals surface area contributed by atoms with Crippen molar-refractivity contribution < 1.29 is 1880 Å². The van der Waals surface area contributed by atoms with E-state index < -0.39 is 0 Å². The predicted octanol–water partition coefficient (Wildman–Crippen LogP) is -144. The SMILES string of the molecule is I.I.I.I.I.I.I.I.I.I.[I-].[I-].[I-].[I-].[I-].[I-].[I-].[I-].[I-].[I-].[I-].[I-].[I-].[I-].[I-].[I-].[I-].[I-].[I-].[I-].[I-].[I-].[I-].[I-].[I-].[K+].[K+].[K+].[K+].[K+].[K+].[K+].[K+].[K+].[K+].[K+].[K+].[K+].[K+].[K+].[K+].[K+].[K+].[K+].[K+].[K+].[K+].[K+].[K+].[K+]. The van der Waals surface area contributed by atoms with Crippen LogP contribution in [0, 0.1) is 0 Å². The van der Waals surface area contributed by atoms with Gasteiger partial charge in [0.2, 0.25) is 0 Å². The van der Waals surface area contributed by atoms with E-state index in [1.807, 2.05) is 0 Å². The summed E-state index contributed by atoms with van der Waals surface area (Å²) in [5.41, 5.74) is 0. The van der Waals surface area contributed by atoms with Crippen molar-refractivity contribution in [3.05, 3.63) is 0 Å². The van der Waals surface area contributed by atoms with E-state index in [1.54, 1.807) is 0 Å². The number of hydrogen-bond acceptors (Lipinski definition) is 0. The Morgan fingerprint density at radius 2 is 0.0500 bits per heavy atom. The van der Waals surface area contributed by atoms with Gasteiger partial charge in [0.25, 0.3) is 0 Å². The fourth-order valence-corrected chi connectivity index (χ4v) is 0. The summed E-state index contributed by atoms with van der Waals surface area (Å²) >= 11 is 0. The second kappa shape index (κ2) is 440. The Labute approximate surface area is 2030 Å². The predicted molar refractivity (Wildman–Crippen MR) is 154 cm³/mol. The molecular formula is H10I35K25. The molecule has 0 saturated carbocycles. The molecule has 0 nitrogen and oxygen atoms in total. The zero-order valence-electron chi connectivity index (χ0n) is 38.5. The standard InChI is InChI=1S/35HI.25K/h35*1H;;;;;;;;;;;;;;;;;;;;;;;;;/q;;;;;;;;;;;;;;;;;;;;;;;;;;;;;;;;;;;25*+1/p-25. The van der Waals surface area contributed by atoms with Crippen molar-refractivity contribution in [2.24, 2.45) is 0 Å².